The third-order valence-corrected chi connectivity index (χ3v) is 5.95. The fraction of sp³-hybridized carbons (Fsp3) is 0.273. The molecular weight excluding hydrogens is 420 g/mol. The molecule has 0 spiro atoms. The number of nitrogens with one attached hydrogen (secondary N) is 2. The number of carbonyl (C=O) groups is 2. The van der Waals surface area contributed by atoms with E-state index in [-0.39, 0.29) is 30.8 Å². The van der Waals surface area contributed by atoms with Gasteiger partial charge in [-0.3, -0.25) is 9.59 Å². The first-order chi connectivity index (χ1) is 13.5. The number of fused-ring (bicyclic) bond motifs is 3. The second kappa shape index (κ2) is 7.80. The van der Waals surface area contributed by atoms with Crippen molar-refractivity contribution in [3.05, 3.63) is 75.8 Å². The van der Waals surface area contributed by atoms with Crippen molar-refractivity contribution in [2.75, 3.05) is 11.9 Å². The first-order valence-electron chi connectivity index (χ1n) is 9.35. The molecule has 4 rings (SSSR count). The molecule has 1 amide bonds. The standard InChI is InChI=1S/C22H21BrN2O3/c23-15-4-1-3-13(11-15)21-17-6-2-5-16(17)18-12-14(7-8-19(18)25-21)22(28)24-10-9-20(26)27/h1-5,7-8,11-12,16-17,21,25H,6,9-10H2,(H,24,28)(H,26,27)/t16-,17-,21+/m1/s1. The smallest absolute Gasteiger partial charge is 0.305 e. The molecule has 6 heteroatoms. The molecule has 0 saturated heterocycles. The number of hydrogen-bond acceptors (Lipinski definition) is 3. The number of benzene rings is 2. The van der Waals surface area contributed by atoms with Crippen molar-refractivity contribution in [2.24, 2.45) is 5.92 Å². The lowest BCUT2D eigenvalue weighted by Gasteiger charge is -2.37. The van der Waals surface area contributed by atoms with Crippen LogP contribution in [-0.4, -0.2) is 23.5 Å². The summed E-state index contributed by atoms with van der Waals surface area (Å²) in [4.78, 5) is 23.0. The summed E-state index contributed by atoms with van der Waals surface area (Å²) < 4.78 is 1.06. The van der Waals surface area contributed by atoms with Crippen LogP contribution in [0.4, 0.5) is 5.69 Å². The van der Waals surface area contributed by atoms with Gasteiger partial charge >= 0.3 is 5.97 Å². The van der Waals surface area contributed by atoms with Gasteiger partial charge in [-0.25, -0.2) is 0 Å². The number of allylic oxidation sites excluding steroid dienone is 2. The molecule has 2 aromatic rings. The topological polar surface area (TPSA) is 78.4 Å². The monoisotopic (exact) mass is 440 g/mol. The second-order valence-electron chi connectivity index (χ2n) is 7.23. The molecule has 0 unspecified atom stereocenters. The Hall–Kier alpha value is -2.60. The minimum atomic E-state index is -0.924. The van der Waals surface area contributed by atoms with Crippen molar-refractivity contribution in [3.8, 4) is 0 Å². The first kappa shape index (κ1) is 18.7. The van der Waals surface area contributed by atoms with E-state index in [1.165, 1.54) is 5.56 Å². The number of aliphatic carboxylic acids is 1. The van der Waals surface area contributed by atoms with E-state index >= 15 is 0 Å². The highest BCUT2D eigenvalue weighted by molar-refractivity contribution is 9.10. The molecule has 0 bridgehead atoms. The predicted molar refractivity (Wildman–Crippen MR) is 112 cm³/mol. The Balaban J connectivity index is 1.60. The van der Waals surface area contributed by atoms with Gasteiger partial charge < -0.3 is 15.7 Å². The maximum Gasteiger partial charge on any atom is 0.305 e. The van der Waals surface area contributed by atoms with Crippen LogP contribution in [0.25, 0.3) is 0 Å². The maximum absolute atomic E-state index is 12.4. The summed E-state index contributed by atoms with van der Waals surface area (Å²) in [5.74, 6) is -0.511. The SMILES string of the molecule is O=C(O)CCNC(=O)c1ccc2c(c1)[C@@H]1C=CC[C@H]1[C@H](c1cccc(Br)c1)N2. The molecule has 1 heterocycles. The summed E-state index contributed by atoms with van der Waals surface area (Å²) in [5, 5.41) is 15.1. The van der Waals surface area contributed by atoms with E-state index in [2.05, 4.69) is 56.9 Å². The molecule has 144 valence electrons. The number of carbonyl (C=O) groups excluding carboxylic acids is 1. The molecule has 3 N–H and O–H groups in total. The van der Waals surface area contributed by atoms with E-state index in [4.69, 9.17) is 5.11 Å². The fourth-order valence-electron chi connectivity index (χ4n) is 4.15. The summed E-state index contributed by atoms with van der Waals surface area (Å²) in [5.41, 5.74) is 3.97. The summed E-state index contributed by atoms with van der Waals surface area (Å²) in [6.45, 7) is 0.125. The Morgan fingerprint density at radius 3 is 2.86 bits per heavy atom. The molecule has 2 aliphatic rings. The van der Waals surface area contributed by atoms with Gasteiger partial charge in [0.2, 0.25) is 0 Å². The number of halogens is 1. The van der Waals surface area contributed by atoms with Crippen LogP contribution in [0.1, 0.15) is 46.3 Å². The van der Waals surface area contributed by atoms with E-state index in [0.29, 0.717) is 11.5 Å². The Morgan fingerprint density at radius 2 is 2.07 bits per heavy atom. The van der Waals surface area contributed by atoms with Crippen LogP contribution in [0.3, 0.4) is 0 Å². The molecule has 5 nitrogen and oxygen atoms in total. The fourth-order valence-corrected chi connectivity index (χ4v) is 4.57. The third-order valence-electron chi connectivity index (χ3n) is 5.46. The minimum absolute atomic E-state index is 0.0833. The molecule has 28 heavy (non-hydrogen) atoms. The van der Waals surface area contributed by atoms with Crippen LogP contribution < -0.4 is 10.6 Å². The average molecular weight is 441 g/mol. The highest BCUT2D eigenvalue weighted by Crippen LogP contribution is 2.50. The van der Waals surface area contributed by atoms with Gasteiger partial charge in [0, 0.05) is 28.2 Å². The summed E-state index contributed by atoms with van der Waals surface area (Å²) in [6, 6.07) is 14.3. The van der Waals surface area contributed by atoms with Crippen molar-refractivity contribution in [1.29, 1.82) is 0 Å². The van der Waals surface area contributed by atoms with E-state index < -0.39 is 5.97 Å². The number of anilines is 1. The van der Waals surface area contributed by atoms with Gasteiger partial charge in [0.05, 0.1) is 12.5 Å². The average Bonchev–Trinajstić information content (AvgIpc) is 3.16. The lowest BCUT2D eigenvalue weighted by Crippen LogP contribution is -2.30. The Morgan fingerprint density at radius 1 is 1.21 bits per heavy atom. The molecule has 0 fully saturated rings. The Bertz CT molecular complexity index is 957. The van der Waals surface area contributed by atoms with E-state index in [0.717, 1.165) is 22.1 Å². The molecule has 0 radical (unpaired) electrons. The molecule has 3 atom stereocenters. The van der Waals surface area contributed by atoms with Crippen molar-refractivity contribution in [3.63, 3.8) is 0 Å². The summed E-state index contributed by atoms with van der Waals surface area (Å²) >= 11 is 3.56. The largest absolute Gasteiger partial charge is 0.481 e. The normalized spacial score (nSPS) is 22.1. The van der Waals surface area contributed by atoms with E-state index in [1.54, 1.807) is 6.07 Å². The predicted octanol–water partition coefficient (Wildman–Crippen LogP) is 4.48. The van der Waals surface area contributed by atoms with Crippen LogP contribution in [0.15, 0.2) is 59.1 Å². The second-order valence-corrected chi connectivity index (χ2v) is 8.15. The maximum atomic E-state index is 12.4. The van der Waals surface area contributed by atoms with E-state index in [9.17, 15) is 9.59 Å². The van der Waals surface area contributed by atoms with Gasteiger partial charge in [0.25, 0.3) is 5.91 Å². The molecule has 0 saturated carbocycles. The number of hydrogen-bond donors (Lipinski definition) is 3. The number of amides is 1. The van der Waals surface area contributed by atoms with Gasteiger partial charge in [-0.05, 0) is 53.8 Å². The van der Waals surface area contributed by atoms with Gasteiger partial charge in [-0.15, -0.1) is 0 Å². The molecular formula is C22H21BrN2O3. The summed E-state index contributed by atoms with van der Waals surface area (Å²) in [7, 11) is 0. The molecule has 1 aliphatic heterocycles. The Kier molecular flexibility index (Phi) is 5.22. The van der Waals surface area contributed by atoms with Gasteiger partial charge in [-0.1, -0.05) is 40.2 Å². The quantitative estimate of drug-likeness (QED) is 0.598. The van der Waals surface area contributed by atoms with Crippen LogP contribution in [-0.2, 0) is 4.79 Å². The lowest BCUT2D eigenvalue weighted by molar-refractivity contribution is -0.136. The van der Waals surface area contributed by atoms with Crippen molar-refractivity contribution >= 4 is 33.5 Å². The van der Waals surface area contributed by atoms with Gasteiger partial charge in [0.15, 0.2) is 0 Å². The van der Waals surface area contributed by atoms with Gasteiger partial charge in [-0.2, -0.15) is 0 Å². The van der Waals surface area contributed by atoms with Gasteiger partial charge in [0.1, 0.15) is 0 Å². The molecule has 2 aromatic carbocycles. The van der Waals surface area contributed by atoms with Crippen molar-refractivity contribution in [2.45, 2.75) is 24.8 Å². The lowest BCUT2D eigenvalue weighted by atomic mass is 9.76. The van der Waals surface area contributed by atoms with Crippen LogP contribution in [0.2, 0.25) is 0 Å². The zero-order valence-electron chi connectivity index (χ0n) is 15.2. The highest BCUT2D eigenvalue weighted by Gasteiger charge is 2.38. The van der Waals surface area contributed by atoms with Crippen LogP contribution >= 0.6 is 15.9 Å². The highest BCUT2D eigenvalue weighted by atomic mass is 79.9. The number of carboxylic acids is 1. The van der Waals surface area contributed by atoms with Crippen LogP contribution in [0.5, 0.6) is 0 Å². The zero-order valence-corrected chi connectivity index (χ0v) is 16.8. The summed E-state index contributed by atoms with van der Waals surface area (Å²) in [6.07, 6.45) is 5.36. The number of carboxylic acid groups (broad SMARTS) is 1. The van der Waals surface area contributed by atoms with E-state index in [1.807, 2.05) is 18.2 Å². The van der Waals surface area contributed by atoms with Crippen molar-refractivity contribution < 1.29 is 14.7 Å². The van der Waals surface area contributed by atoms with Crippen molar-refractivity contribution in [1.82, 2.24) is 5.32 Å². The Labute approximate surface area is 172 Å². The first-order valence-corrected chi connectivity index (χ1v) is 10.1. The molecule has 0 aromatic heterocycles. The molecule has 1 aliphatic carbocycles. The number of rotatable bonds is 5. The third kappa shape index (κ3) is 3.69. The minimum Gasteiger partial charge on any atom is -0.481 e. The van der Waals surface area contributed by atoms with Crippen LogP contribution in [0, 0.1) is 5.92 Å². The zero-order chi connectivity index (χ0) is 19.7.